The fraction of sp³-hybridized carbons (Fsp3) is 0.529. The molecule has 7 nitrogen and oxygen atoms in total. The topological polar surface area (TPSA) is 90.0 Å². The number of ketones is 1. The van der Waals surface area contributed by atoms with Crippen molar-refractivity contribution < 1.29 is 27.5 Å². The molecule has 0 unspecified atom stereocenters. The molecule has 0 aromatic heterocycles. The van der Waals surface area contributed by atoms with E-state index in [1.807, 2.05) is 6.92 Å². The van der Waals surface area contributed by atoms with Gasteiger partial charge in [0.15, 0.2) is 12.4 Å². The van der Waals surface area contributed by atoms with Gasteiger partial charge in [0.25, 0.3) is 0 Å². The predicted octanol–water partition coefficient (Wildman–Crippen LogP) is 1.09. The third-order valence-electron chi connectivity index (χ3n) is 4.54. The second-order valence-electron chi connectivity index (χ2n) is 6.39. The zero-order valence-electron chi connectivity index (χ0n) is 14.0. The van der Waals surface area contributed by atoms with Crippen molar-refractivity contribution in [2.24, 2.45) is 11.8 Å². The third-order valence-corrected chi connectivity index (χ3v) is 6.45. The van der Waals surface area contributed by atoms with Gasteiger partial charge in [0, 0.05) is 18.7 Å². The predicted molar refractivity (Wildman–Crippen MR) is 88.6 cm³/mol. The number of rotatable bonds is 6. The van der Waals surface area contributed by atoms with Gasteiger partial charge in [0.2, 0.25) is 10.0 Å². The lowest BCUT2D eigenvalue weighted by atomic mass is 10.1. The number of benzene rings is 1. The first kappa shape index (κ1) is 18.0. The highest BCUT2D eigenvalue weighted by atomic mass is 32.2. The van der Waals surface area contributed by atoms with E-state index in [1.165, 1.54) is 28.6 Å². The van der Waals surface area contributed by atoms with Crippen molar-refractivity contribution in [1.82, 2.24) is 4.31 Å². The van der Waals surface area contributed by atoms with Crippen LogP contribution in [0.5, 0.6) is 0 Å². The second-order valence-corrected chi connectivity index (χ2v) is 8.33. The molecule has 2 fully saturated rings. The first-order valence-corrected chi connectivity index (χ1v) is 9.71. The van der Waals surface area contributed by atoms with Gasteiger partial charge in [-0.15, -0.1) is 0 Å². The van der Waals surface area contributed by atoms with Crippen LogP contribution >= 0.6 is 0 Å². The van der Waals surface area contributed by atoms with Crippen molar-refractivity contribution in [3.05, 3.63) is 29.8 Å². The first-order valence-electron chi connectivity index (χ1n) is 8.27. The van der Waals surface area contributed by atoms with Crippen molar-refractivity contribution in [2.45, 2.75) is 18.2 Å². The Labute approximate surface area is 147 Å². The molecule has 0 spiro atoms. The summed E-state index contributed by atoms with van der Waals surface area (Å²) in [6, 6.07) is 5.71. The maximum atomic E-state index is 12.5. The van der Waals surface area contributed by atoms with Crippen molar-refractivity contribution in [3.63, 3.8) is 0 Å². The zero-order valence-corrected chi connectivity index (χ0v) is 14.8. The largest absolute Gasteiger partial charge is 0.457 e. The Kier molecular flexibility index (Phi) is 5.21. The lowest BCUT2D eigenvalue weighted by Gasteiger charge is -2.26. The number of hydrogen-bond donors (Lipinski definition) is 0. The summed E-state index contributed by atoms with van der Waals surface area (Å²) in [5.41, 5.74) is 0.317. The van der Waals surface area contributed by atoms with Crippen molar-refractivity contribution in [3.8, 4) is 0 Å². The summed E-state index contributed by atoms with van der Waals surface area (Å²) in [5.74, 6) is -0.453. The van der Waals surface area contributed by atoms with Crippen LogP contribution < -0.4 is 0 Å². The Morgan fingerprint density at radius 2 is 1.80 bits per heavy atom. The maximum Gasteiger partial charge on any atom is 0.309 e. The van der Waals surface area contributed by atoms with Gasteiger partial charge < -0.3 is 9.47 Å². The molecule has 1 aromatic rings. The Morgan fingerprint density at radius 3 is 2.36 bits per heavy atom. The van der Waals surface area contributed by atoms with E-state index in [2.05, 4.69) is 0 Å². The molecule has 0 radical (unpaired) electrons. The number of Topliss-reactive ketones (excluding diaryl/α,β-unsaturated/α-hetero) is 1. The summed E-state index contributed by atoms with van der Waals surface area (Å²) < 4.78 is 36.6. The van der Waals surface area contributed by atoms with E-state index >= 15 is 0 Å². The number of esters is 1. The van der Waals surface area contributed by atoms with E-state index in [4.69, 9.17) is 9.47 Å². The number of morpholine rings is 1. The van der Waals surface area contributed by atoms with Crippen molar-refractivity contribution in [1.29, 1.82) is 0 Å². The van der Waals surface area contributed by atoms with E-state index in [0.717, 1.165) is 6.42 Å². The van der Waals surface area contributed by atoms with Crippen LogP contribution in [0.3, 0.4) is 0 Å². The average Bonchev–Trinajstić information content (AvgIpc) is 3.37. The first-order chi connectivity index (χ1) is 11.9. The molecule has 1 saturated carbocycles. The Balaban J connectivity index is 1.61. The minimum absolute atomic E-state index is 0.0890. The quantitative estimate of drug-likeness (QED) is 0.552. The van der Waals surface area contributed by atoms with Crippen LogP contribution in [0.15, 0.2) is 29.2 Å². The summed E-state index contributed by atoms with van der Waals surface area (Å²) in [4.78, 5) is 23.9. The molecule has 2 atom stereocenters. The molecule has 1 aliphatic carbocycles. The lowest BCUT2D eigenvalue weighted by molar-refractivity contribution is -0.144. The van der Waals surface area contributed by atoms with E-state index in [1.54, 1.807) is 0 Å². The monoisotopic (exact) mass is 367 g/mol. The van der Waals surface area contributed by atoms with Crippen LogP contribution in [0.25, 0.3) is 0 Å². The average molecular weight is 367 g/mol. The summed E-state index contributed by atoms with van der Waals surface area (Å²) in [6.45, 7) is 3.03. The number of carbonyl (C=O) groups is 2. The molecular weight excluding hydrogens is 346 g/mol. The minimum Gasteiger partial charge on any atom is -0.457 e. The highest BCUT2D eigenvalue weighted by Crippen LogP contribution is 2.38. The normalized spacial score (nSPS) is 23.9. The van der Waals surface area contributed by atoms with Gasteiger partial charge in [-0.05, 0) is 36.6 Å². The Morgan fingerprint density at radius 1 is 1.20 bits per heavy atom. The molecule has 1 heterocycles. The summed E-state index contributed by atoms with van der Waals surface area (Å²) >= 11 is 0. The molecule has 0 N–H and O–H groups in total. The molecule has 25 heavy (non-hydrogen) atoms. The summed E-state index contributed by atoms with van der Waals surface area (Å²) in [5, 5.41) is 0. The smallest absolute Gasteiger partial charge is 0.309 e. The molecule has 0 amide bonds. The van der Waals surface area contributed by atoms with Crippen LogP contribution in [-0.4, -0.2) is 57.4 Å². The van der Waals surface area contributed by atoms with E-state index < -0.39 is 10.0 Å². The number of nitrogens with zero attached hydrogens (tertiary/aromatic N) is 1. The third kappa shape index (κ3) is 4.08. The van der Waals surface area contributed by atoms with Crippen LogP contribution in [0.4, 0.5) is 0 Å². The van der Waals surface area contributed by atoms with Crippen LogP contribution in [0.1, 0.15) is 23.7 Å². The van der Waals surface area contributed by atoms with Crippen molar-refractivity contribution in [2.75, 3.05) is 32.9 Å². The molecule has 3 rings (SSSR count). The van der Waals surface area contributed by atoms with Gasteiger partial charge in [-0.1, -0.05) is 6.92 Å². The standard InChI is InChI=1S/C17H21NO6S/c1-12-10-15(12)17(20)24-11-16(19)13-2-4-14(5-3-13)25(21,22)18-6-8-23-9-7-18/h2-5,12,15H,6-11H2,1H3/t12-,15+/m0/s1. The van der Waals surface area contributed by atoms with Crippen molar-refractivity contribution >= 4 is 21.8 Å². The number of ether oxygens (including phenoxy) is 2. The molecule has 1 aromatic carbocycles. The molecule has 0 bridgehead atoms. The molecule has 1 aliphatic heterocycles. The zero-order chi connectivity index (χ0) is 18.0. The molecule has 1 saturated heterocycles. The maximum absolute atomic E-state index is 12.5. The van der Waals surface area contributed by atoms with Gasteiger partial charge >= 0.3 is 5.97 Å². The Bertz CT molecular complexity index is 752. The fourth-order valence-electron chi connectivity index (χ4n) is 2.73. The second kappa shape index (κ2) is 7.23. The molecule has 136 valence electrons. The minimum atomic E-state index is -3.58. The van der Waals surface area contributed by atoms with E-state index in [0.29, 0.717) is 37.8 Å². The lowest BCUT2D eigenvalue weighted by Crippen LogP contribution is -2.40. The molecule has 8 heteroatoms. The van der Waals surface area contributed by atoms with Crippen LogP contribution in [0, 0.1) is 11.8 Å². The van der Waals surface area contributed by atoms with Gasteiger partial charge in [0.1, 0.15) is 0 Å². The van der Waals surface area contributed by atoms with Crippen LogP contribution in [0.2, 0.25) is 0 Å². The fourth-order valence-corrected chi connectivity index (χ4v) is 4.13. The van der Waals surface area contributed by atoms with E-state index in [-0.39, 0.29) is 29.2 Å². The Hall–Kier alpha value is -1.77. The highest BCUT2D eigenvalue weighted by Gasteiger charge is 2.40. The summed E-state index contributed by atoms with van der Waals surface area (Å²) in [7, 11) is -3.58. The number of carbonyl (C=O) groups excluding carboxylic acids is 2. The van der Waals surface area contributed by atoms with E-state index in [9.17, 15) is 18.0 Å². The van der Waals surface area contributed by atoms with Gasteiger partial charge in [-0.3, -0.25) is 9.59 Å². The molecule has 2 aliphatic rings. The number of sulfonamides is 1. The molecular formula is C17H21NO6S. The highest BCUT2D eigenvalue weighted by molar-refractivity contribution is 7.89. The van der Waals surface area contributed by atoms with Gasteiger partial charge in [-0.2, -0.15) is 4.31 Å². The van der Waals surface area contributed by atoms with Gasteiger partial charge in [0.05, 0.1) is 24.0 Å². The summed E-state index contributed by atoms with van der Waals surface area (Å²) in [6.07, 6.45) is 0.807. The van der Waals surface area contributed by atoms with Gasteiger partial charge in [-0.25, -0.2) is 8.42 Å². The number of hydrogen-bond acceptors (Lipinski definition) is 6. The van der Waals surface area contributed by atoms with Crippen LogP contribution in [-0.2, 0) is 24.3 Å². The SMILES string of the molecule is C[C@H]1C[C@H]1C(=O)OCC(=O)c1ccc(S(=O)(=O)N2CCOCC2)cc1.